The molecule has 2 aromatic rings. The normalized spacial score (nSPS) is 12.4. The smallest absolute Gasteiger partial charge is 0.159 e. The zero-order valence-electron chi connectivity index (χ0n) is 11.8. The Morgan fingerprint density at radius 1 is 1.21 bits per heavy atom. The van der Waals surface area contributed by atoms with Crippen LogP contribution in [0.5, 0.6) is 0 Å². The molecule has 1 unspecified atom stereocenters. The summed E-state index contributed by atoms with van der Waals surface area (Å²) in [5.74, 6) is 0.769. The van der Waals surface area contributed by atoms with E-state index < -0.39 is 0 Å². The van der Waals surface area contributed by atoms with Crippen LogP contribution in [0.4, 0.5) is 0 Å². The van der Waals surface area contributed by atoms with Crippen molar-refractivity contribution in [3.8, 4) is 11.4 Å². The first kappa shape index (κ1) is 13.7. The summed E-state index contributed by atoms with van der Waals surface area (Å²) in [4.78, 5) is 8.88. The average molecular weight is 256 g/mol. The summed E-state index contributed by atoms with van der Waals surface area (Å²) in [6.45, 7) is 4.19. The highest BCUT2D eigenvalue weighted by Gasteiger charge is 2.07. The van der Waals surface area contributed by atoms with Crippen LogP contribution in [0.3, 0.4) is 0 Å². The maximum absolute atomic E-state index is 5.34. The Morgan fingerprint density at radius 3 is 2.58 bits per heavy atom. The zero-order chi connectivity index (χ0) is 13.7. The fourth-order valence-corrected chi connectivity index (χ4v) is 1.99. The lowest BCUT2D eigenvalue weighted by atomic mass is 10.1. The van der Waals surface area contributed by atoms with Gasteiger partial charge in [0.2, 0.25) is 0 Å². The first-order valence-corrected chi connectivity index (χ1v) is 6.68. The molecule has 0 radical (unpaired) electrons. The molecule has 1 aromatic heterocycles. The number of nitrogens with zero attached hydrogens (tertiary/aromatic N) is 2. The Bertz CT molecular complexity index is 523. The third kappa shape index (κ3) is 3.38. The largest absolute Gasteiger partial charge is 0.377 e. The highest BCUT2D eigenvalue weighted by molar-refractivity contribution is 5.56. The molecule has 3 heteroatoms. The molecule has 0 saturated heterocycles. The van der Waals surface area contributed by atoms with Gasteiger partial charge in [-0.1, -0.05) is 31.5 Å². The van der Waals surface area contributed by atoms with E-state index in [0.717, 1.165) is 29.8 Å². The molecular formula is C16H20N2O. The highest BCUT2D eigenvalue weighted by atomic mass is 16.5. The fourth-order valence-electron chi connectivity index (χ4n) is 1.99. The van der Waals surface area contributed by atoms with Crippen LogP contribution in [0.2, 0.25) is 0 Å². The first-order chi connectivity index (χ1) is 9.24. The maximum Gasteiger partial charge on any atom is 0.159 e. The topological polar surface area (TPSA) is 35.0 Å². The van der Waals surface area contributed by atoms with Gasteiger partial charge in [0.25, 0.3) is 0 Å². The molecule has 19 heavy (non-hydrogen) atoms. The minimum atomic E-state index is 0.0827. The van der Waals surface area contributed by atoms with E-state index in [1.165, 1.54) is 5.56 Å². The molecule has 2 rings (SSSR count). The van der Waals surface area contributed by atoms with Crippen molar-refractivity contribution >= 4 is 0 Å². The molecule has 0 aliphatic rings. The van der Waals surface area contributed by atoms with E-state index in [1.807, 2.05) is 31.5 Å². The summed E-state index contributed by atoms with van der Waals surface area (Å²) in [5, 5.41) is 0. The van der Waals surface area contributed by atoms with Crippen LogP contribution in [0.15, 0.2) is 36.7 Å². The minimum absolute atomic E-state index is 0.0827. The van der Waals surface area contributed by atoms with Gasteiger partial charge in [0.05, 0.1) is 6.10 Å². The van der Waals surface area contributed by atoms with Gasteiger partial charge in [-0.15, -0.1) is 0 Å². The van der Waals surface area contributed by atoms with Crippen LogP contribution in [0.1, 0.15) is 37.5 Å². The van der Waals surface area contributed by atoms with Gasteiger partial charge >= 0.3 is 0 Å². The molecule has 0 N–H and O–H groups in total. The Balaban J connectivity index is 2.26. The van der Waals surface area contributed by atoms with E-state index in [4.69, 9.17) is 4.74 Å². The van der Waals surface area contributed by atoms with E-state index in [2.05, 4.69) is 29.0 Å². The van der Waals surface area contributed by atoms with Gasteiger partial charge in [-0.25, -0.2) is 9.97 Å². The second-order valence-electron chi connectivity index (χ2n) is 4.67. The lowest BCUT2D eigenvalue weighted by Crippen LogP contribution is -1.97. The second-order valence-corrected chi connectivity index (χ2v) is 4.67. The van der Waals surface area contributed by atoms with Gasteiger partial charge in [-0.05, 0) is 30.5 Å². The van der Waals surface area contributed by atoms with Gasteiger partial charge in [-0.3, -0.25) is 0 Å². The molecule has 0 aliphatic heterocycles. The molecule has 0 amide bonds. The minimum Gasteiger partial charge on any atom is -0.377 e. The van der Waals surface area contributed by atoms with E-state index in [-0.39, 0.29) is 6.10 Å². The van der Waals surface area contributed by atoms with E-state index >= 15 is 0 Å². The number of hydrogen-bond acceptors (Lipinski definition) is 3. The van der Waals surface area contributed by atoms with Gasteiger partial charge in [0.15, 0.2) is 5.82 Å². The van der Waals surface area contributed by atoms with E-state index in [9.17, 15) is 0 Å². The Hall–Kier alpha value is -1.74. The molecule has 0 bridgehead atoms. The van der Waals surface area contributed by atoms with Crippen molar-refractivity contribution < 1.29 is 4.74 Å². The third-order valence-electron chi connectivity index (χ3n) is 3.21. The quantitative estimate of drug-likeness (QED) is 0.816. The summed E-state index contributed by atoms with van der Waals surface area (Å²) < 4.78 is 5.34. The van der Waals surface area contributed by atoms with Gasteiger partial charge in [-0.2, -0.15) is 0 Å². The van der Waals surface area contributed by atoms with Gasteiger partial charge in [0, 0.05) is 25.1 Å². The predicted molar refractivity (Wildman–Crippen MR) is 76.9 cm³/mol. The molecular weight excluding hydrogens is 236 g/mol. The van der Waals surface area contributed by atoms with Crippen molar-refractivity contribution in [3.05, 3.63) is 47.8 Å². The van der Waals surface area contributed by atoms with E-state index in [1.54, 1.807) is 7.11 Å². The number of aromatic nitrogens is 2. The molecule has 0 fully saturated rings. The number of hydrogen-bond donors (Lipinski definition) is 0. The maximum atomic E-state index is 5.34. The predicted octanol–water partition coefficient (Wildman–Crippen LogP) is 3.80. The Kier molecular flexibility index (Phi) is 4.63. The Morgan fingerprint density at radius 2 is 1.95 bits per heavy atom. The molecule has 1 aromatic carbocycles. The number of methoxy groups -OCH3 is 1. The molecule has 3 nitrogen and oxygen atoms in total. The van der Waals surface area contributed by atoms with Crippen LogP contribution in [-0.2, 0) is 11.2 Å². The Labute approximate surface area is 114 Å². The summed E-state index contributed by atoms with van der Waals surface area (Å²) in [7, 11) is 1.72. The number of ether oxygens (including phenoxy) is 1. The van der Waals surface area contributed by atoms with Crippen LogP contribution in [0, 0.1) is 0 Å². The van der Waals surface area contributed by atoms with Crippen molar-refractivity contribution in [3.63, 3.8) is 0 Å². The highest BCUT2D eigenvalue weighted by Crippen LogP contribution is 2.22. The van der Waals surface area contributed by atoms with Crippen LogP contribution >= 0.6 is 0 Å². The van der Waals surface area contributed by atoms with Crippen LogP contribution in [0.25, 0.3) is 11.4 Å². The summed E-state index contributed by atoms with van der Waals surface area (Å²) >= 11 is 0. The molecule has 100 valence electrons. The monoisotopic (exact) mass is 256 g/mol. The van der Waals surface area contributed by atoms with Crippen LogP contribution in [-0.4, -0.2) is 17.1 Å². The second kappa shape index (κ2) is 6.43. The molecule has 1 heterocycles. The van der Waals surface area contributed by atoms with Crippen molar-refractivity contribution in [1.29, 1.82) is 0 Å². The van der Waals surface area contributed by atoms with Gasteiger partial charge < -0.3 is 4.74 Å². The lowest BCUT2D eigenvalue weighted by Gasteiger charge is -2.11. The summed E-state index contributed by atoms with van der Waals surface area (Å²) in [6.07, 6.45) is 6.06. The summed E-state index contributed by atoms with van der Waals surface area (Å²) in [6, 6.07) is 8.19. The summed E-state index contributed by atoms with van der Waals surface area (Å²) in [5.41, 5.74) is 3.36. The standard InChI is InChI=1S/C16H20N2O/c1-4-6-13-10-17-16(18-11-13)15-8-5-7-14(9-15)12(2)19-3/h5,7-12H,4,6H2,1-3H3. The van der Waals surface area contributed by atoms with Crippen molar-refractivity contribution in [2.24, 2.45) is 0 Å². The molecule has 0 spiro atoms. The average Bonchev–Trinajstić information content (AvgIpc) is 2.48. The zero-order valence-corrected chi connectivity index (χ0v) is 11.8. The van der Waals surface area contributed by atoms with Crippen molar-refractivity contribution in [2.75, 3.05) is 7.11 Å². The van der Waals surface area contributed by atoms with Crippen LogP contribution < -0.4 is 0 Å². The molecule has 1 atom stereocenters. The SMILES string of the molecule is CCCc1cnc(-c2cccc(C(C)OC)c2)nc1. The number of benzene rings is 1. The third-order valence-corrected chi connectivity index (χ3v) is 3.21. The number of aryl methyl sites for hydroxylation is 1. The lowest BCUT2D eigenvalue weighted by molar-refractivity contribution is 0.119. The van der Waals surface area contributed by atoms with Crippen molar-refractivity contribution in [2.45, 2.75) is 32.8 Å². The fraction of sp³-hybridized carbons (Fsp3) is 0.375. The van der Waals surface area contributed by atoms with E-state index in [0.29, 0.717) is 0 Å². The van der Waals surface area contributed by atoms with Crippen molar-refractivity contribution in [1.82, 2.24) is 9.97 Å². The number of rotatable bonds is 5. The molecule has 0 aliphatic carbocycles. The van der Waals surface area contributed by atoms with Gasteiger partial charge in [0.1, 0.15) is 0 Å². The molecule has 0 saturated carbocycles. The first-order valence-electron chi connectivity index (χ1n) is 6.68.